The molecule has 0 heterocycles. The van der Waals surface area contributed by atoms with Crippen molar-refractivity contribution < 1.29 is 4.74 Å². The Balaban J connectivity index is 2.18. The van der Waals surface area contributed by atoms with E-state index in [-0.39, 0.29) is 0 Å². The predicted octanol–water partition coefficient (Wildman–Crippen LogP) is 4.19. The van der Waals surface area contributed by atoms with Crippen LogP contribution in [-0.2, 0) is 6.42 Å². The van der Waals surface area contributed by atoms with E-state index in [9.17, 15) is 0 Å². The minimum Gasteiger partial charge on any atom is -0.496 e. The molecule has 88 valence electrons. The quantitative estimate of drug-likeness (QED) is 0.753. The van der Waals surface area contributed by atoms with E-state index in [1.807, 2.05) is 6.07 Å². The average molecular weight is 283 g/mol. The van der Waals surface area contributed by atoms with Crippen LogP contribution in [0.4, 0.5) is 0 Å². The van der Waals surface area contributed by atoms with Crippen molar-refractivity contribution in [2.75, 3.05) is 12.4 Å². The number of rotatable bonds is 4. The molecule has 0 N–H and O–H groups in total. The normalized spacial score (nSPS) is 18.6. The summed E-state index contributed by atoms with van der Waals surface area (Å²) in [7, 11) is 1.76. The lowest BCUT2D eigenvalue weighted by Gasteiger charge is -2.27. The van der Waals surface area contributed by atoms with E-state index >= 15 is 0 Å². The van der Waals surface area contributed by atoms with Crippen LogP contribution in [0.2, 0.25) is 0 Å². The van der Waals surface area contributed by atoms with Gasteiger partial charge in [-0.1, -0.05) is 47.0 Å². The molecule has 2 rings (SSSR count). The van der Waals surface area contributed by atoms with Crippen molar-refractivity contribution in [1.82, 2.24) is 0 Å². The number of para-hydroxylation sites is 1. The number of hydrogen-bond donors (Lipinski definition) is 0. The number of methoxy groups -OCH3 is 1. The van der Waals surface area contributed by atoms with Gasteiger partial charge in [-0.05, 0) is 36.3 Å². The molecule has 16 heavy (non-hydrogen) atoms. The maximum atomic E-state index is 5.43. The van der Waals surface area contributed by atoms with Crippen LogP contribution < -0.4 is 4.74 Å². The molecule has 0 spiro atoms. The Bertz CT molecular complexity index is 342. The number of benzene rings is 1. The van der Waals surface area contributed by atoms with Gasteiger partial charge in [0.1, 0.15) is 5.75 Å². The summed E-state index contributed by atoms with van der Waals surface area (Å²) in [6.07, 6.45) is 6.58. The fourth-order valence-electron chi connectivity index (χ4n) is 2.74. The molecule has 0 aliphatic heterocycles. The molecule has 1 aromatic carbocycles. The van der Waals surface area contributed by atoms with Gasteiger partial charge in [-0.15, -0.1) is 0 Å². The third kappa shape index (κ3) is 2.42. The van der Waals surface area contributed by atoms with Gasteiger partial charge in [0.25, 0.3) is 0 Å². The second-order valence-corrected chi connectivity index (χ2v) is 5.39. The Morgan fingerprint density at radius 1 is 1.25 bits per heavy atom. The molecule has 0 radical (unpaired) electrons. The van der Waals surface area contributed by atoms with Gasteiger partial charge in [0.2, 0.25) is 0 Å². The molecule has 0 unspecified atom stereocenters. The number of hydrogen-bond acceptors (Lipinski definition) is 1. The van der Waals surface area contributed by atoms with E-state index in [2.05, 4.69) is 34.1 Å². The fraction of sp³-hybridized carbons (Fsp3) is 0.571. The first-order valence-electron chi connectivity index (χ1n) is 5.97. The van der Waals surface area contributed by atoms with Crippen LogP contribution >= 0.6 is 15.9 Å². The summed E-state index contributed by atoms with van der Waals surface area (Å²) in [5.74, 6) is 1.04. The molecular formula is C14H19BrO. The second-order valence-electron chi connectivity index (χ2n) is 4.83. The Kier molecular flexibility index (Phi) is 3.91. The Morgan fingerprint density at radius 2 is 1.94 bits per heavy atom. The summed E-state index contributed by atoms with van der Waals surface area (Å²) in [5.41, 5.74) is 1.82. The maximum absolute atomic E-state index is 5.43. The first-order valence-corrected chi connectivity index (χ1v) is 7.10. The summed E-state index contributed by atoms with van der Waals surface area (Å²) in [5, 5.41) is 1.11. The standard InChI is InChI=1S/C14H19BrO/c1-16-13-7-3-2-6-12(13)10-14(11-15)8-4-5-9-14/h2-3,6-7H,4-5,8-11H2,1H3. The van der Waals surface area contributed by atoms with Crippen molar-refractivity contribution in [3.63, 3.8) is 0 Å². The topological polar surface area (TPSA) is 9.23 Å². The van der Waals surface area contributed by atoms with Crippen LogP contribution in [0.15, 0.2) is 24.3 Å². The highest BCUT2D eigenvalue weighted by Crippen LogP contribution is 2.43. The Morgan fingerprint density at radius 3 is 2.56 bits per heavy atom. The summed E-state index contributed by atoms with van der Waals surface area (Å²) < 4.78 is 5.43. The molecule has 0 amide bonds. The van der Waals surface area contributed by atoms with Crippen molar-refractivity contribution in [1.29, 1.82) is 0 Å². The third-order valence-corrected chi connectivity index (χ3v) is 4.90. The lowest BCUT2D eigenvalue weighted by Crippen LogP contribution is -2.21. The van der Waals surface area contributed by atoms with Gasteiger partial charge < -0.3 is 4.74 Å². The van der Waals surface area contributed by atoms with Gasteiger partial charge >= 0.3 is 0 Å². The molecule has 1 nitrogen and oxygen atoms in total. The molecule has 0 aromatic heterocycles. The molecule has 1 saturated carbocycles. The van der Waals surface area contributed by atoms with Gasteiger partial charge in [0, 0.05) is 5.33 Å². The van der Waals surface area contributed by atoms with Gasteiger partial charge in [-0.3, -0.25) is 0 Å². The highest BCUT2D eigenvalue weighted by Gasteiger charge is 2.33. The van der Waals surface area contributed by atoms with E-state index in [4.69, 9.17) is 4.74 Å². The van der Waals surface area contributed by atoms with E-state index in [1.54, 1.807) is 7.11 Å². The van der Waals surface area contributed by atoms with Gasteiger partial charge in [0.05, 0.1) is 7.11 Å². The van der Waals surface area contributed by atoms with Crippen LogP contribution in [0.1, 0.15) is 31.2 Å². The maximum Gasteiger partial charge on any atom is 0.122 e. The molecule has 1 fully saturated rings. The third-order valence-electron chi connectivity index (χ3n) is 3.71. The first-order chi connectivity index (χ1) is 7.79. The Labute approximate surface area is 106 Å². The van der Waals surface area contributed by atoms with Crippen LogP contribution in [0.5, 0.6) is 5.75 Å². The van der Waals surface area contributed by atoms with E-state index < -0.39 is 0 Å². The number of halogens is 1. The lowest BCUT2D eigenvalue weighted by molar-refractivity contribution is 0.335. The predicted molar refractivity (Wildman–Crippen MR) is 71.4 cm³/mol. The van der Waals surface area contributed by atoms with E-state index in [0.717, 1.165) is 17.5 Å². The summed E-state index contributed by atoms with van der Waals surface area (Å²) in [4.78, 5) is 0. The van der Waals surface area contributed by atoms with Crippen molar-refractivity contribution in [2.24, 2.45) is 5.41 Å². The van der Waals surface area contributed by atoms with Gasteiger partial charge in [-0.25, -0.2) is 0 Å². The van der Waals surface area contributed by atoms with Crippen LogP contribution in [0.3, 0.4) is 0 Å². The first kappa shape index (κ1) is 12.0. The molecule has 2 heteroatoms. The zero-order chi connectivity index (χ0) is 11.4. The summed E-state index contributed by atoms with van der Waals surface area (Å²) in [6.45, 7) is 0. The van der Waals surface area contributed by atoms with Crippen molar-refractivity contribution in [3.8, 4) is 5.75 Å². The molecule has 1 aliphatic carbocycles. The zero-order valence-corrected chi connectivity index (χ0v) is 11.4. The summed E-state index contributed by atoms with van der Waals surface area (Å²) in [6, 6.07) is 8.40. The molecule has 1 aromatic rings. The zero-order valence-electron chi connectivity index (χ0n) is 9.84. The van der Waals surface area contributed by atoms with Crippen LogP contribution in [0, 0.1) is 5.41 Å². The minimum absolute atomic E-state index is 0.467. The van der Waals surface area contributed by atoms with Crippen molar-refractivity contribution in [3.05, 3.63) is 29.8 Å². The molecule has 0 saturated heterocycles. The highest BCUT2D eigenvalue weighted by atomic mass is 79.9. The largest absolute Gasteiger partial charge is 0.496 e. The highest BCUT2D eigenvalue weighted by molar-refractivity contribution is 9.09. The van der Waals surface area contributed by atoms with Crippen molar-refractivity contribution >= 4 is 15.9 Å². The molecule has 1 aliphatic rings. The molecule has 0 atom stereocenters. The minimum atomic E-state index is 0.467. The molecular weight excluding hydrogens is 264 g/mol. The Hall–Kier alpha value is -0.500. The van der Waals surface area contributed by atoms with Gasteiger partial charge in [0.15, 0.2) is 0 Å². The van der Waals surface area contributed by atoms with Crippen LogP contribution in [-0.4, -0.2) is 12.4 Å². The SMILES string of the molecule is COc1ccccc1CC1(CBr)CCCC1. The lowest BCUT2D eigenvalue weighted by atomic mass is 9.82. The smallest absolute Gasteiger partial charge is 0.122 e. The van der Waals surface area contributed by atoms with E-state index in [0.29, 0.717) is 5.41 Å². The van der Waals surface area contributed by atoms with Gasteiger partial charge in [-0.2, -0.15) is 0 Å². The number of alkyl halides is 1. The summed E-state index contributed by atoms with van der Waals surface area (Å²) >= 11 is 3.70. The van der Waals surface area contributed by atoms with Crippen molar-refractivity contribution in [2.45, 2.75) is 32.1 Å². The average Bonchev–Trinajstić information content (AvgIpc) is 2.79. The monoisotopic (exact) mass is 282 g/mol. The van der Waals surface area contributed by atoms with E-state index in [1.165, 1.54) is 31.2 Å². The van der Waals surface area contributed by atoms with Crippen LogP contribution in [0.25, 0.3) is 0 Å². The fourth-order valence-corrected chi connectivity index (χ4v) is 3.49. The second kappa shape index (κ2) is 5.22. The molecule has 0 bridgehead atoms. The number of ether oxygens (including phenoxy) is 1.